The molecule has 10 nitrogen and oxygen atoms in total. The van der Waals surface area contributed by atoms with Gasteiger partial charge in [0.2, 0.25) is 12.6 Å². The van der Waals surface area contributed by atoms with Crippen LogP contribution in [-0.2, 0) is 4.79 Å². The number of hydrogen-bond acceptors (Lipinski definition) is 8. The second-order valence-electron chi connectivity index (χ2n) is 6.76. The number of rotatable bonds is 8. The van der Waals surface area contributed by atoms with E-state index in [1.807, 2.05) is 12.1 Å². The van der Waals surface area contributed by atoms with Gasteiger partial charge in [0.1, 0.15) is 5.75 Å². The third kappa shape index (κ3) is 5.17. The summed E-state index contributed by atoms with van der Waals surface area (Å²) in [6, 6.07) is 12.4. The summed E-state index contributed by atoms with van der Waals surface area (Å²) in [5, 5.41) is 9.14. The van der Waals surface area contributed by atoms with Crippen LogP contribution in [0.4, 0.5) is 0 Å². The molecule has 11 heteroatoms. The van der Waals surface area contributed by atoms with Crippen LogP contribution >= 0.6 is 15.9 Å². The number of nitrogens with zero attached hydrogens (tertiary/aromatic N) is 2. The average Bonchev–Trinajstić information content (AvgIpc) is 3.45. The van der Waals surface area contributed by atoms with Crippen LogP contribution in [0.3, 0.4) is 0 Å². The van der Waals surface area contributed by atoms with E-state index in [0.717, 1.165) is 4.47 Å². The Balaban J connectivity index is 1.23. The fraction of sp³-hybridized carbons (Fsp3) is 0.238. The first-order valence-electron chi connectivity index (χ1n) is 9.71. The van der Waals surface area contributed by atoms with Gasteiger partial charge >= 0.3 is 11.8 Å². The van der Waals surface area contributed by atoms with Crippen LogP contribution in [0.2, 0.25) is 0 Å². The van der Waals surface area contributed by atoms with Gasteiger partial charge in [0.25, 0.3) is 5.91 Å². The molecule has 1 unspecified atom stereocenters. The van der Waals surface area contributed by atoms with Crippen molar-refractivity contribution in [2.24, 2.45) is 0 Å². The predicted molar refractivity (Wildman–Crippen MR) is 115 cm³/mol. The lowest BCUT2D eigenvalue weighted by atomic mass is 10.2. The van der Waals surface area contributed by atoms with Crippen LogP contribution in [0, 0.1) is 0 Å². The van der Waals surface area contributed by atoms with E-state index in [-0.39, 0.29) is 37.5 Å². The fourth-order valence-corrected chi connectivity index (χ4v) is 3.23. The molecule has 1 atom stereocenters. The van der Waals surface area contributed by atoms with Crippen molar-refractivity contribution in [2.75, 3.05) is 19.9 Å². The van der Waals surface area contributed by atoms with Gasteiger partial charge in [-0.3, -0.25) is 9.59 Å². The van der Waals surface area contributed by atoms with Crippen LogP contribution in [0.1, 0.15) is 17.6 Å². The molecule has 0 aliphatic carbocycles. The predicted octanol–water partition coefficient (Wildman–Crippen LogP) is 2.54. The molecule has 0 fully saturated rings. The lowest BCUT2D eigenvalue weighted by Gasteiger charge is -2.15. The Kier molecular flexibility index (Phi) is 6.55. The number of aromatic nitrogens is 2. The number of carbonyl (C=O) groups excluding carboxylic acids is 2. The van der Waals surface area contributed by atoms with E-state index in [1.54, 1.807) is 37.3 Å². The minimum Gasteiger partial charge on any atom is -0.481 e. The second kappa shape index (κ2) is 9.69. The third-order valence-corrected chi connectivity index (χ3v) is 4.93. The van der Waals surface area contributed by atoms with Crippen molar-refractivity contribution in [2.45, 2.75) is 13.0 Å². The molecule has 0 radical (unpaired) electrons. The number of nitrogens with one attached hydrogen (secondary N) is 2. The van der Waals surface area contributed by atoms with Gasteiger partial charge in [0.05, 0.1) is 0 Å². The molecule has 0 spiro atoms. The van der Waals surface area contributed by atoms with Gasteiger partial charge in [-0.2, -0.15) is 4.98 Å². The second-order valence-corrected chi connectivity index (χ2v) is 7.67. The summed E-state index contributed by atoms with van der Waals surface area (Å²) < 4.78 is 22.1. The summed E-state index contributed by atoms with van der Waals surface area (Å²) in [6.45, 7) is 2.19. The molecule has 1 aliphatic heterocycles. The molecule has 4 rings (SSSR count). The Hall–Kier alpha value is -3.60. The first-order chi connectivity index (χ1) is 15.5. The molecule has 2 amide bonds. The van der Waals surface area contributed by atoms with Gasteiger partial charge in [-0.15, -0.1) is 0 Å². The lowest BCUT2D eigenvalue weighted by Crippen LogP contribution is -2.40. The van der Waals surface area contributed by atoms with Gasteiger partial charge in [-0.1, -0.05) is 27.2 Å². The highest BCUT2D eigenvalue weighted by atomic mass is 79.9. The number of hydrogen-bond donors (Lipinski definition) is 2. The summed E-state index contributed by atoms with van der Waals surface area (Å²) in [7, 11) is 0. The van der Waals surface area contributed by atoms with E-state index in [2.05, 4.69) is 36.7 Å². The summed E-state index contributed by atoms with van der Waals surface area (Å²) in [5.41, 5.74) is 0.628. The van der Waals surface area contributed by atoms with Crippen molar-refractivity contribution in [3.05, 3.63) is 52.8 Å². The minimum atomic E-state index is -0.694. The molecule has 2 aromatic carbocycles. The number of carbonyl (C=O) groups is 2. The standard InChI is InChI=1S/C21H19BrN4O6/c1-12(31-15-4-2-3-14(22)10-15)19(27)23-7-8-24-20(28)21-25-18(26-32-21)13-5-6-16-17(9-13)30-11-29-16/h2-6,9-10,12H,7-8,11H2,1H3,(H,23,27)(H,24,28). The van der Waals surface area contributed by atoms with Crippen molar-refractivity contribution >= 4 is 27.7 Å². The topological polar surface area (TPSA) is 125 Å². The van der Waals surface area contributed by atoms with Crippen molar-refractivity contribution in [1.82, 2.24) is 20.8 Å². The van der Waals surface area contributed by atoms with Crippen LogP contribution in [0.15, 0.2) is 51.5 Å². The van der Waals surface area contributed by atoms with E-state index >= 15 is 0 Å². The minimum absolute atomic E-state index is 0.157. The highest BCUT2D eigenvalue weighted by Gasteiger charge is 2.19. The smallest absolute Gasteiger partial charge is 0.316 e. The number of fused-ring (bicyclic) bond motifs is 1. The number of benzene rings is 2. The maximum Gasteiger partial charge on any atom is 0.316 e. The number of amides is 2. The number of halogens is 1. The summed E-state index contributed by atoms with van der Waals surface area (Å²) >= 11 is 3.35. The quantitative estimate of drug-likeness (QED) is 0.450. The zero-order valence-electron chi connectivity index (χ0n) is 17.0. The molecule has 32 heavy (non-hydrogen) atoms. The van der Waals surface area contributed by atoms with E-state index in [1.165, 1.54) is 0 Å². The van der Waals surface area contributed by atoms with Crippen LogP contribution < -0.4 is 24.8 Å². The Morgan fingerprint density at radius 1 is 1.12 bits per heavy atom. The molecule has 0 saturated heterocycles. The average molecular weight is 503 g/mol. The first-order valence-corrected chi connectivity index (χ1v) is 10.5. The van der Waals surface area contributed by atoms with Crippen molar-refractivity contribution < 1.29 is 28.3 Å². The molecule has 1 aliphatic rings. The molecule has 3 aromatic rings. The molecular weight excluding hydrogens is 484 g/mol. The largest absolute Gasteiger partial charge is 0.481 e. The van der Waals surface area contributed by atoms with Crippen molar-refractivity contribution in [3.8, 4) is 28.6 Å². The van der Waals surface area contributed by atoms with Crippen LogP contribution in [0.25, 0.3) is 11.4 Å². The zero-order chi connectivity index (χ0) is 22.5. The molecule has 0 bridgehead atoms. The summed E-state index contributed by atoms with van der Waals surface area (Å²) in [4.78, 5) is 28.5. The van der Waals surface area contributed by atoms with Gasteiger partial charge in [0.15, 0.2) is 17.6 Å². The molecular formula is C21H19BrN4O6. The monoisotopic (exact) mass is 502 g/mol. The van der Waals surface area contributed by atoms with E-state index in [4.69, 9.17) is 18.7 Å². The van der Waals surface area contributed by atoms with E-state index < -0.39 is 12.0 Å². The summed E-state index contributed by atoms with van der Waals surface area (Å²) in [6.07, 6.45) is -0.694. The Labute approximate surface area is 191 Å². The summed E-state index contributed by atoms with van der Waals surface area (Å²) in [5.74, 6) is 1.00. The van der Waals surface area contributed by atoms with Gasteiger partial charge < -0.3 is 29.4 Å². The maximum absolute atomic E-state index is 12.2. The highest BCUT2D eigenvalue weighted by molar-refractivity contribution is 9.10. The van der Waals surface area contributed by atoms with E-state index in [9.17, 15) is 9.59 Å². The van der Waals surface area contributed by atoms with Crippen LogP contribution in [-0.4, -0.2) is 47.9 Å². The lowest BCUT2D eigenvalue weighted by molar-refractivity contribution is -0.127. The Morgan fingerprint density at radius 2 is 1.94 bits per heavy atom. The van der Waals surface area contributed by atoms with Crippen molar-refractivity contribution in [1.29, 1.82) is 0 Å². The zero-order valence-corrected chi connectivity index (χ0v) is 18.5. The van der Waals surface area contributed by atoms with Gasteiger partial charge in [0, 0.05) is 23.1 Å². The highest BCUT2D eigenvalue weighted by Crippen LogP contribution is 2.35. The first kappa shape index (κ1) is 21.6. The normalized spacial score (nSPS) is 12.8. The molecule has 0 saturated carbocycles. The molecule has 2 heterocycles. The fourth-order valence-electron chi connectivity index (χ4n) is 2.85. The Morgan fingerprint density at radius 3 is 2.78 bits per heavy atom. The third-order valence-electron chi connectivity index (χ3n) is 4.44. The Bertz CT molecular complexity index is 1130. The van der Waals surface area contributed by atoms with Crippen LogP contribution in [0.5, 0.6) is 17.2 Å². The maximum atomic E-state index is 12.2. The van der Waals surface area contributed by atoms with Crippen molar-refractivity contribution in [3.63, 3.8) is 0 Å². The van der Waals surface area contributed by atoms with Gasteiger partial charge in [-0.25, -0.2) is 0 Å². The van der Waals surface area contributed by atoms with Gasteiger partial charge in [-0.05, 0) is 43.3 Å². The molecule has 2 N–H and O–H groups in total. The SMILES string of the molecule is CC(Oc1cccc(Br)c1)C(=O)NCCNC(=O)c1nc(-c2ccc3c(c2)OCO3)no1. The molecule has 1 aromatic heterocycles. The number of ether oxygens (including phenoxy) is 3. The van der Waals surface area contributed by atoms with E-state index in [0.29, 0.717) is 22.8 Å². The molecule has 166 valence electrons.